The van der Waals surface area contributed by atoms with Gasteiger partial charge in [-0.3, -0.25) is 0 Å². The van der Waals surface area contributed by atoms with Gasteiger partial charge < -0.3 is 21.3 Å². The first kappa shape index (κ1) is 16.4. The SMILES string of the molecule is Cc1c(N2CCN(c3ccc(N)c(F)c3C)CC2)ccc(N)c1F. The molecule has 0 bridgehead atoms. The molecule has 0 atom stereocenters. The molecule has 0 aromatic heterocycles. The summed E-state index contributed by atoms with van der Waals surface area (Å²) in [4.78, 5) is 4.27. The van der Waals surface area contributed by atoms with Crippen LogP contribution in [0.5, 0.6) is 0 Å². The summed E-state index contributed by atoms with van der Waals surface area (Å²) in [6.45, 7) is 6.41. The van der Waals surface area contributed by atoms with Crippen molar-refractivity contribution in [3.8, 4) is 0 Å². The number of halogens is 2. The molecule has 1 saturated heterocycles. The third kappa shape index (κ3) is 2.72. The molecule has 0 amide bonds. The quantitative estimate of drug-likeness (QED) is 0.830. The van der Waals surface area contributed by atoms with Crippen molar-refractivity contribution in [1.82, 2.24) is 0 Å². The van der Waals surface area contributed by atoms with Crippen LogP contribution in [0.3, 0.4) is 0 Å². The van der Waals surface area contributed by atoms with Crippen molar-refractivity contribution in [1.29, 1.82) is 0 Å². The number of nitrogens with two attached hydrogens (primary N) is 2. The summed E-state index contributed by atoms with van der Waals surface area (Å²) in [5.41, 5.74) is 14.4. The maximum Gasteiger partial charge on any atom is 0.151 e. The molecule has 6 heteroatoms. The first-order chi connectivity index (χ1) is 11.4. The van der Waals surface area contributed by atoms with E-state index in [4.69, 9.17) is 11.5 Å². The van der Waals surface area contributed by atoms with Crippen LogP contribution >= 0.6 is 0 Å². The Kier molecular flexibility index (Phi) is 4.22. The minimum absolute atomic E-state index is 0.169. The van der Waals surface area contributed by atoms with Crippen LogP contribution in [0.2, 0.25) is 0 Å². The lowest BCUT2D eigenvalue weighted by atomic mass is 10.1. The molecule has 0 saturated carbocycles. The zero-order chi connectivity index (χ0) is 17.4. The molecule has 2 aromatic carbocycles. The number of nitrogen functional groups attached to an aromatic ring is 2. The van der Waals surface area contributed by atoms with Gasteiger partial charge in [0.05, 0.1) is 11.4 Å². The van der Waals surface area contributed by atoms with Crippen molar-refractivity contribution in [2.45, 2.75) is 13.8 Å². The molecule has 0 unspecified atom stereocenters. The average Bonchev–Trinajstić information content (AvgIpc) is 2.58. The molecular formula is C18H22F2N4. The van der Waals surface area contributed by atoms with Crippen LogP contribution < -0.4 is 21.3 Å². The Morgan fingerprint density at radius 2 is 1.04 bits per heavy atom. The van der Waals surface area contributed by atoms with Gasteiger partial charge in [0.1, 0.15) is 0 Å². The predicted molar refractivity (Wildman–Crippen MR) is 95.5 cm³/mol. The molecule has 128 valence electrons. The Hall–Kier alpha value is -2.50. The number of nitrogens with zero attached hydrogens (tertiary/aromatic N) is 2. The van der Waals surface area contributed by atoms with Crippen molar-refractivity contribution in [2.24, 2.45) is 0 Å². The molecule has 3 rings (SSSR count). The molecule has 24 heavy (non-hydrogen) atoms. The standard InChI is InChI=1S/C18H22F2N4/c1-11-15(5-3-13(21)17(11)19)23-7-9-24(10-8-23)16-6-4-14(22)18(20)12(16)2/h3-6H,7-10,21-22H2,1-2H3. The summed E-state index contributed by atoms with van der Waals surface area (Å²) in [5.74, 6) is -0.710. The zero-order valence-corrected chi connectivity index (χ0v) is 13.9. The fourth-order valence-corrected chi connectivity index (χ4v) is 3.27. The second-order valence-electron chi connectivity index (χ2n) is 6.20. The van der Waals surface area contributed by atoms with E-state index in [1.807, 2.05) is 12.1 Å². The van der Waals surface area contributed by atoms with Crippen LogP contribution in [0.4, 0.5) is 31.5 Å². The van der Waals surface area contributed by atoms with Crippen molar-refractivity contribution < 1.29 is 8.78 Å². The summed E-state index contributed by atoms with van der Waals surface area (Å²) in [6.07, 6.45) is 0. The van der Waals surface area contributed by atoms with Crippen molar-refractivity contribution in [3.05, 3.63) is 47.0 Å². The molecule has 4 nitrogen and oxygen atoms in total. The summed E-state index contributed by atoms with van der Waals surface area (Å²) < 4.78 is 28.0. The fourth-order valence-electron chi connectivity index (χ4n) is 3.27. The minimum Gasteiger partial charge on any atom is -0.396 e. The van der Waals surface area contributed by atoms with Crippen molar-refractivity contribution in [2.75, 3.05) is 47.4 Å². The van der Waals surface area contributed by atoms with E-state index in [9.17, 15) is 8.78 Å². The molecule has 2 aromatic rings. The summed E-state index contributed by atoms with van der Waals surface area (Å²) in [6, 6.07) is 6.92. The number of anilines is 4. The average molecular weight is 332 g/mol. The summed E-state index contributed by atoms with van der Waals surface area (Å²) >= 11 is 0. The highest BCUT2D eigenvalue weighted by Crippen LogP contribution is 2.30. The highest BCUT2D eigenvalue weighted by Gasteiger charge is 2.22. The molecule has 1 heterocycles. The fraction of sp³-hybridized carbons (Fsp3) is 0.333. The van der Waals surface area contributed by atoms with Gasteiger partial charge in [0.15, 0.2) is 11.6 Å². The highest BCUT2D eigenvalue weighted by molar-refractivity contribution is 5.63. The van der Waals surface area contributed by atoms with E-state index in [2.05, 4.69) is 9.80 Å². The maximum absolute atomic E-state index is 14.0. The van der Waals surface area contributed by atoms with Crippen LogP contribution in [0.1, 0.15) is 11.1 Å². The van der Waals surface area contributed by atoms with Gasteiger partial charge in [-0.25, -0.2) is 8.78 Å². The summed E-state index contributed by atoms with van der Waals surface area (Å²) in [7, 11) is 0. The monoisotopic (exact) mass is 332 g/mol. The number of hydrogen-bond donors (Lipinski definition) is 2. The lowest BCUT2D eigenvalue weighted by Gasteiger charge is -2.38. The Morgan fingerprint density at radius 1 is 0.708 bits per heavy atom. The van der Waals surface area contributed by atoms with Gasteiger partial charge >= 0.3 is 0 Å². The smallest absolute Gasteiger partial charge is 0.151 e. The Bertz CT molecular complexity index is 703. The lowest BCUT2D eigenvalue weighted by Crippen LogP contribution is -2.47. The first-order valence-electron chi connectivity index (χ1n) is 7.99. The summed E-state index contributed by atoms with van der Waals surface area (Å²) in [5, 5.41) is 0. The van der Waals surface area contributed by atoms with Gasteiger partial charge in [0.25, 0.3) is 0 Å². The van der Waals surface area contributed by atoms with E-state index >= 15 is 0 Å². The molecule has 4 N–H and O–H groups in total. The van der Waals surface area contributed by atoms with Gasteiger partial charge in [-0.05, 0) is 38.1 Å². The first-order valence-corrected chi connectivity index (χ1v) is 7.99. The van der Waals surface area contributed by atoms with E-state index in [-0.39, 0.29) is 23.0 Å². The number of benzene rings is 2. The van der Waals surface area contributed by atoms with Gasteiger partial charge in [-0.2, -0.15) is 0 Å². The molecule has 1 aliphatic rings. The van der Waals surface area contributed by atoms with Crippen LogP contribution in [-0.4, -0.2) is 26.2 Å². The van der Waals surface area contributed by atoms with Crippen molar-refractivity contribution >= 4 is 22.7 Å². The van der Waals surface area contributed by atoms with Crippen LogP contribution in [0.15, 0.2) is 24.3 Å². The molecule has 0 radical (unpaired) electrons. The van der Waals surface area contributed by atoms with E-state index < -0.39 is 0 Å². The van der Waals surface area contributed by atoms with E-state index in [0.29, 0.717) is 11.1 Å². The largest absolute Gasteiger partial charge is 0.396 e. The van der Waals surface area contributed by atoms with E-state index in [1.54, 1.807) is 26.0 Å². The third-order valence-electron chi connectivity index (χ3n) is 4.74. The number of hydrogen-bond acceptors (Lipinski definition) is 4. The topological polar surface area (TPSA) is 58.5 Å². The van der Waals surface area contributed by atoms with Crippen LogP contribution in [-0.2, 0) is 0 Å². The number of piperazine rings is 1. The second kappa shape index (κ2) is 6.19. The zero-order valence-electron chi connectivity index (χ0n) is 13.9. The van der Waals surface area contributed by atoms with Crippen molar-refractivity contribution in [3.63, 3.8) is 0 Å². The van der Waals surface area contributed by atoms with Crippen LogP contribution in [0, 0.1) is 25.5 Å². The van der Waals surface area contributed by atoms with E-state index in [0.717, 1.165) is 37.6 Å². The minimum atomic E-state index is -0.355. The molecule has 1 fully saturated rings. The molecular weight excluding hydrogens is 310 g/mol. The van der Waals surface area contributed by atoms with Gasteiger partial charge in [-0.1, -0.05) is 0 Å². The second-order valence-corrected chi connectivity index (χ2v) is 6.20. The molecule has 0 spiro atoms. The van der Waals surface area contributed by atoms with Gasteiger partial charge in [0, 0.05) is 48.7 Å². The third-order valence-corrected chi connectivity index (χ3v) is 4.74. The lowest BCUT2D eigenvalue weighted by molar-refractivity contribution is 0.608. The Balaban J connectivity index is 1.77. The van der Waals surface area contributed by atoms with E-state index in [1.165, 1.54) is 0 Å². The molecule has 0 aliphatic carbocycles. The normalized spacial score (nSPS) is 15.0. The van der Waals surface area contributed by atoms with Gasteiger partial charge in [0.2, 0.25) is 0 Å². The Labute approximate surface area is 140 Å². The van der Waals surface area contributed by atoms with Gasteiger partial charge in [-0.15, -0.1) is 0 Å². The maximum atomic E-state index is 14.0. The molecule has 1 aliphatic heterocycles. The highest BCUT2D eigenvalue weighted by atomic mass is 19.1. The predicted octanol–water partition coefficient (Wildman–Crippen LogP) is 3.07. The number of rotatable bonds is 2. The van der Waals surface area contributed by atoms with Crippen LogP contribution in [0.25, 0.3) is 0 Å². The Morgan fingerprint density at radius 3 is 1.38 bits per heavy atom.